The summed E-state index contributed by atoms with van der Waals surface area (Å²) < 4.78 is 38.0. The minimum Gasteiger partial charge on any atom is -0.474 e. The molecule has 2 amide bonds. The number of benzene rings is 1. The number of carbonyl (C=O) groups is 2. The number of rotatable bonds is 4. The van der Waals surface area contributed by atoms with Crippen molar-refractivity contribution in [3.05, 3.63) is 40.9 Å². The van der Waals surface area contributed by atoms with Crippen molar-refractivity contribution >= 4 is 46.1 Å². The number of hydrogen-bond acceptors (Lipinski definition) is 8. The van der Waals surface area contributed by atoms with Gasteiger partial charge in [-0.05, 0) is 50.3 Å². The first kappa shape index (κ1) is 28.8. The highest BCUT2D eigenvalue weighted by Crippen LogP contribution is 2.43. The van der Waals surface area contributed by atoms with Crippen LogP contribution in [0.1, 0.15) is 40.2 Å². The molecule has 4 heterocycles. The number of fused-ring (bicyclic) bond motifs is 2. The van der Waals surface area contributed by atoms with Crippen molar-refractivity contribution in [2.24, 2.45) is 5.92 Å². The van der Waals surface area contributed by atoms with E-state index in [9.17, 15) is 9.59 Å². The maximum Gasteiger partial charge on any atom is 0.415 e. The zero-order chi connectivity index (χ0) is 29.5. The molecule has 10 nitrogen and oxygen atoms in total. The summed E-state index contributed by atoms with van der Waals surface area (Å²) in [6, 6.07) is 3.21. The molecule has 12 heteroatoms. The van der Waals surface area contributed by atoms with Crippen LogP contribution in [0.2, 0.25) is 5.02 Å². The number of aromatic nitrogens is 2. The molecule has 5 rings (SSSR count). The zero-order valence-electron chi connectivity index (χ0n) is 23.5. The predicted molar refractivity (Wildman–Crippen MR) is 152 cm³/mol. The Hall–Kier alpha value is -3.70. The molecule has 2 aliphatic heterocycles. The average Bonchev–Trinajstić information content (AvgIpc) is 3.32. The van der Waals surface area contributed by atoms with E-state index >= 15 is 4.39 Å². The monoisotopic (exact) mass is 586 g/mol. The van der Waals surface area contributed by atoms with Gasteiger partial charge in [0.15, 0.2) is 0 Å². The molecule has 2 aliphatic rings. The molecule has 41 heavy (non-hydrogen) atoms. The van der Waals surface area contributed by atoms with Gasteiger partial charge in [0.05, 0.1) is 24.8 Å². The lowest BCUT2D eigenvalue weighted by atomic mass is 9.95. The minimum absolute atomic E-state index is 0.0873. The van der Waals surface area contributed by atoms with Crippen LogP contribution in [0.5, 0.6) is 5.88 Å². The summed E-state index contributed by atoms with van der Waals surface area (Å²) in [5.74, 6) is -0.0877. The maximum atomic E-state index is 15.8. The fraction of sp³-hybridized carbons (Fsp3) is 0.448. The highest BCUT2D eigenvalue weighted by atomic mass is 35.5. The molecular formula is C29H32ClFN4O6. The van der Waals surface area contributed by atoms with Gasteiger partial charge in [0, 0.05) is 34.8 Å². The van der Waals surface area contributed by atoms with Crippen molar-refractivity contribution in [3.63, 3.8) is 0 Å². The van der Waals surface area contributed by atoms with Crippen LogP contribution in [-0.4, -0.2) is 60.2 Å². The van der Waals surface area contributed by atoms with Crippen LogP contribution < -0.4 is 15.0 Å². The number of hydrogen-bond donors (Lipinski definition) is 1. The fourth-order valence-corrected chi connectivity index (χ4v) is 5.15. The Morgan fingerprint density at radius 1 is 1.20 bits per heavy atom. The lowest BCUT2D eigenvalue weighted by molar-refractivity contribution is 0.0566. The first-order chi connectivity index (χ1) is 19.5. The number of nitrogens with one attached hydrogen (secondary N) is 1. The first-order valence-electron chi connectivity index (χ1n) is 13.5. The third-order valence-corrected chi connectivity index (χ3v) is 7.26. The van der Waals surface area contributed by atoms with E-state index in [-0.39, 0.29) is 47.5 Å². The largest absolute Gasteiger partial charge is 0.474 e. The van der Waals surface area contributed by atoms with Crippen LogP contribution >= 0.6 is 11.6 Å². The SMILES string of the molecule is CCc1c(-c2cc3cc(NC(=O)OC4COCC4C)ncc3c(Cl)c2F)cnc2c1N(C(=O)OC(C)(C)C)CCO2. The predicted octanol–water partition coefficient (Wildman–Crippen LogP) is 6.37. The second-order valence-corrected chi connectivity index (χ2v) is 11.4. The normalized spacial score (nSPS) is 18.6. The number of pyridine rings is 2. The van der Waals surface area contributed by atoms with Crippen molar-refractivity contribution in [2.45, 2.75) is 52.7 Å². The van der Waals surface area contributed by atoms with E-state index in [0.717, 1.165) is 0 Å². The molecule has 0 spiro atoms. The van der Waals surface area contributed by atoms with Gasteiger partial charge in [0.1, 0.15) is 35.6 Å². The van der Waals surface area contributed by atoms with Crippen molar-refractivity contribution < 1.29 is 32.9 Å². The highest BCUT2D eigenvalue weighted by Gasteiger charge is 2.33. The molecule has 0 bridgehead atoms. The lowest BCUT2D eigenvalue weighted by Gasteiger charge is -2.33. The van der Waals surface area contributed by atoms with Crippen molar-refractivity contribution in [1.29, 1.82) is 0 Å². The number of nitrogens with zero attached hydrogens (tertiary/aromatic N) is 3. The van der Waals surface area contributed by atoms with E-state index in [1.54, 1.807) is 32.9 Å². The van der Waals surface area contributed by atoms with Crippen LogP contribution in [0.4, 0.5) is 25.5 Å². The smallest absolute Gasteiger partial charge is 0.415 e. The third kappa shape index (κ3) is 5.87. The second kappa shape index (κ2) is 11.3. The van der Waals surface area contributed by atoms with E-state index < -0.39 is 23.6 Å². The molecule has 0 radical (unpaired) electrons. The molecule has 0 saturated carbocycles. The summed E-state index contributed by atoms with van der Waals surface area (Å²) in [4.78, 5) is 35.7. The molecule has 1 saturated heterocycles. The Bertz CT molecular complexity index is 1510. The molecule has 2 aromatic heterocycles. The van der Waals surface area contributed by atoms with Crippen molar-refractivity contribution in [2.75, 3.05) is 36.6 Å². The summed E-state index contributed by atoms with van der Waals surface area (Å²) >= 11 is 6.49. The molecule has 3 aromatic rings. The first-order valence-corrected chi connectivity index (χ1v) is 13.8. The highest BCUT2D eigenvalue weighted by molar-refractivity contribution is 6.36. The van der Waals surface area contributed by atoms with Crippen LogP contribution in [-0.2, 0) is 20.6 Å². The summed E-state index contributed by atoms with van der Waals surface area (Å²) in [5, 5.41) is 3.40. The number of carbonyl (C=O) groups excluding carboxylic acids is 2. The Balaban J connectivity index is 1.53. The quantitative estimate of drug-likeness (QED) is 0.375. The number of halogens is 2. The Labute approximate surface area is 242 Å². The van der Waals surface area contributed by atoms with Crippen LogP contribution in [0.25, 0.3) is 21.9 Å². The molecular weight excluding hydrogens is 555 g/mol. The van der Waals surface area contributed by atoms with Crippen molar-refractivity contribution in [1.82, 2.24) is 9.97 Å². The fourth-order valence-electron chi connectivity index (χ4n) is 4.89. The molecule has 218 valence electrons. The minimum atomic E-state index is -0.708. The average molecular weight is 587 g/mol. The summed E-state index contributed by atoms with van der Waals surface area (Å²) in [5.41, 5.74) is 1.01. The topological polar surface area (TPSA) is 112 Å². The van der Waals surface area contributed by atoms with Crippen LogP contribution in [0.15, 0.2) is 24.5 Å². The summed E-state index contributed by atoms with van der Waals surface area (Å²) in [6.07, 6.45) is 1.79. The van der Waals surface area contributed by atoms with E-state index in [1.807, 2.05) is 13.8 Å². The molecule has 1 aromatic carbocycles. The number of anilines is 2. The van der Waals surface area contributed by atoms with Gasteiger partial charge in [-0.15, -0.1) is 0 Å². The van der Waals surface area contributed by atoms with E-state index in [4.69, 9.17) is 30.5 Å². The summed E-state index contributed by atoms with van der Waals surface area (Å²) in [7, 11) is 0. The van der Waals surface area contributed by atoms with Gasteiger partial charge in [0.2, 0.25) is 5.88 Å². The van der Waals surface area contributed by atoms with Crippen LogP contribution in [0.3, 0.4) is 0 Å². The Morgan fingerprint density at radius 2 is 1.98 bits per heavy atom. The van der Waals surface area contributed by atoms with Gasteiger partial charge in [-0.3, -0.25) is 10.2 Å². The maximum absolute atomic E-state index is 15.8. The third-order valence-electron chi connectivity index (χ3n) is 6.89. The van der Waals surface area contributed by atoms with E-state index in [1.165, 1.54) is 17.3 Å². The van der Waals surface area contributed by atoms with Gasteiger partial charge in [-0.25, -0.2) is 23.9 Å². The van der Waals surface area contributed by atoms with Crippen LogP contribution in [0, 0.1) is 11.7 Å². The Kier molecular flexibility index (Phi) is 7.93. The van der Waals surface area contributed by atoms with Gasteiger partial charge >= 0.3 is 12.2 Å². The number of ether oxygens (including phenoxy) is 4. The molecule has 0 aliphatic carbocycles. The van der Waals surface area contributed by atoms with E-state index in [0.29, 0.717) is 47.2 Å². The summed E-state index contributed by atoms with van der Waals surface area (Å²) in [6.45, 7) is 10.6. The second-order valence-electron chi connectivity index (χ2n) is 11.1. The van der Waals surface area contributed by atoms with Crippen molar-refractivity contribution in [3.8, 4) is 17.0 Å². The molecule has 2 unspecified atom stereocenters. The van der Waals surface area contributed by atoms with Gasteiger partial charge in [-0.1, -0.05) is 25.4 Å². The van der Waals surface area contributed by atoms with E-state index in [2.05, 4.69) is 15.3 Å². The lowest BCUT2D eigenvalue weighted by Crippen LogP contribution is -2.42. The molecule has 1 N–H and O–H groups in total. The van der Waals surface area contributed by atoms with Gasteiger partial charge < -0.3 is 18.9 Å². The Morgan fingerprint density at radius 3 is 2.66 bits per heavy atom. The zero-order valence-corrected chi connectivity index (χ0v) is 24.3. The van der Waals surface area contributed by atoms with Gasteiger partial charge in [0.25, 0.3) is 0 Å². The molecule has 2 atom stereocenters. The van der Waals surface area contributed by atoms with Gasteiger partial charge in [-0.2, -0.15) is 0 Å². The molecule has 1 fully saturated rings. The number of amides is 2. The standard InChI is InChI=1S/C29H32ClFN4O6/c1-6-17-20(12-33-26-25(17)35(7-8-39-26)28(37)41-29(3,4)5)18-9-16-10-22(32-11-19(16)23(30)24(18)31)34-27(36)40-21-14-38-13-15(21)2/h9-12,15,21H,6-8,13-14H2,1-5H3,(H,32,34,36).